The van der Waals surface area contributed by atoms with Gasteiger partial charge in [0, 0.05) is 110 Å². The number of anilines is 4. The summed E-state index contributed by atoms with van der Waals surface area (Å²) >= 11 is 0. The standard InChI is InChI=1S/C52H56N8O/c1-39-20-22-46-48(53-39)16-8-18-50(46)58-32-28-56(29-33-58)26-24-41-12-6-14-44(36-41)55-52(61)60(38-43-10-4-3-5-11-43)45-15-7-13-42(37-45)25-27-57-30-34-59(35-31-57)51-19-9-17-49-47(51)23-21-40(2)54-49/h3-23,36-37H,24-35,38H2,1-2H3,(H,55,61). The van der Waals surface area contributed by atoms with Crippen LogP contribution in [0.5, 0.6) is 0 Å². The molecular weight excluding hydrogens is 753 g/mol. The first kappa shape index (κ1) is 40.1. The van der Waals surface area contributed by atoms with Crippen LogP contribution in [0.25, 0.3) is 21.8 Å². The van der Waals surface area contributed by atoms with E-state index in [1.54, 1.807) is 0 Å². The number of urea groups is 1. The molecule has 310 valence electrons. The number of pyridine rings is 2. The molecule has 1 N–H and O–H groups in total. The number of amides is 2. The zero-order valence-electron chi connectivity index (χ0n) is 35.5. The van der Waals surface area contributed by atoms with E-state index in [9.17, 15) is 4.79 Å². The fourth-order valence-electron chi connectivity index (χ4n) is 8.95. The number of aryl methyl sites for hydroxylation is 2. The maximum absolute atomic E-state index is 14.2. The van der Waals surface area contributed by atoms with E-state index < -0.39 is 0 Å². The third kappa shape index (κ3) is 9.70. The average molecular weight is 809 g/mol. The molecule has 0 bridgehead atoms. The molecule has 9 heteroatoms. The number of benzene rings is 5. The van der Waals surface area contributed by atoms with Crippen LogP contribution in [0.4, 0.5) is 27.5 Å². The monoisotopic (exact) mass is 808 g/mol. The number of carbonyl (C=O) groups excluding carboxylic acids is 1. The predicted octanol–water partition coefficient (Wildman–Crippen LogP) is 9.37. The van der Waals surface area contributed by atoms with Gasteiger partial charge in [-0.05, 0) is 116 Å². The maximum Gasteiger partial charge on any atom is 0.326 e. The molecule has 2 fully saturated rings. The molecule has 5 aromatic carbocycles. The summed E-state index contributed by atoms with van der Waals surface area (Å²) in [6, 6.07) is 48.5. The van der Waals surface area contributed by atoms with Crippen LogP contribution in [0.3, 0.4) is 0 Å². The Labute approximate surface area is 360 Å². The van der Waals surface area contributed by atoms with Crippen LogP contribution in [0.15, 0.2) is 140 Å². The van der Waals surface area contributed by atoms with Crippen molar-refractivity contribution in [3.63, 3.8) is 0 Å². The van der Waals surface area contributed by atoms with Crippen LogP contribution in [-0.2, 0) is 19.4 Å². The first-order valence-electron chi connectivity index (χ1n) is 21.9. The molecule has 0 saturated carbocycles. The molecule has 4 heterocycles. The highest BCUT2D eigenvalue weighted by molar-refractivity contribution is 6.01. The Morgan fingerprint density at radius 3 is 1.62 bits per heavy atom. The van der Waals surface area contributed by atoms with Gasteiger partial charge in [-0.15, -0.1) is 0 Å². The van der Waals surface area contributed by atoms with Crippen LogP contribution in [-0.4, -0.2) is 91.2 Å². The van der Waals surface area contributed by atoms with Crippen molar-refractivity contribution in [2.24, 2.45) is 0 Å². The Morgan fingerprint density at radius 2 is 1.05 bits per heavy atom. The predicted molar refractivity (Wildman–Crippen MR) is 252 cm³/mol. The Kier molecular flexibility index (Phi) is 12.2. The second-order valence-corrected chi connectivity index (χ2v) is 16.6. The molecule has 0 spiro atoms. The fourth-order valence-corrected chi connectivity index (χ4v) is 8.95. The molecule has 2 aromatic heterocycles. The normalized spacial score (nSPS) is 15.0. The summed E-state index contributed by atoms with van der Waals surface area (Å²) < 4.78 is 0. The first-order chi connectivity index (χ1) is 29.9. The molecule has 9 rings (SSSR count). The smallest absolute Gasteiger partial charge is 0.326 e. The third-order valence-electron chi connectivity index (χ3n) is 12.4. The van der Waals surface area contributed by atoms with E-state index in [4.69, 9.17) is 9.97 Å². The minimum Gasteiger partial charge on any atom is -0.368 e. The van der Waals surface area contributed by atoms with Gasteiger partial charge in [-0.1, -0.05) is 66.7 Å². The molecule has 2 aliphatic rings. The molecule has 9 nitrogen and oxygen atoms in total. The van der Waals surface area contributed by atoms with E-state index in [-0.39, 0.29) is 6.03 Å². The lowest BCUT2D eigenvalue weighted by Crippen LogP contribution is -2.47. The Balaban J connectivity index is 0.805. The lowest BCUT2D eigenvalue weighted by molar-refractivity contribution is 0.256. The summed E-state index contributed by atoms with van der Waals surface area (Å²) in [5.41, 5.74) is 12.0. The van der Waals surface area contributed by atoms with Crippen LogP contribution >= 0.6 is 0 Å². The molecular formula is C52H56N8O. The largest absolute Gasteiger partial charge is 0.368 e. The van der Waals surface area contributed by atoms with Crippen LogP contribution < -0.4 is 20.0 Å². The van der Waals surface area contributed by atoms with Crippen molar-refractivity contribution in [3.05, 3.63) is 168 Å². The van der Waals surface area contributed by atoms with E-state index in [0.29, 0.717) is 6.54 Å². The second-order valence-electron chi connectivity index (χ2n) is 16.6. The highest BCUT2D eigenvalue weighted by atomic mass is 16.2. The SMILES string of the molecule is Cc1ccc2c(N3CCN(CCc4cccc(NC(=O)N(Cc5ccccc5)c5cccc(CCN6CCN(c7cccc8nc(C)ccc78)CC6)c5)c4)CC3)cccc2n1. The lowest BCUT2D eigenvalue weighted by Gasteiger charge is -2.36. The van der Waals surface area contributed by atoms with Gasteiger partial charge in [0.25, 0.3) is 0 Å². The zero-order chi connectivity index (χ0) is 41.5. The number of hydrogen-bond donors (Lipinski definition) is 1. The summed E-state index contributed by atoms with van der Waals surface area (Å²) in [6.07, 6.45) is 1.84. The number of carbonyl (C=O) groups is 1. The molecule has 2 saturated heterocycles. The summed E-state index contributed by atoms with van der Waals surface area (Å²) in [6.45, 7) is 14.5. The van der Waals surface area contributed by atoms with Crippen molar-refractivity contribution in [3.8, 4) is 0 Å². The number of nitrogens with zero attached hydrogens (tertiary/aromatic N) is 7. The van der Waals surface area contributed by atoms with Crippen LogP contribution in [0.2, 0.25) is 0 Å². The van der Waals surface area contributed by atoms with Gasteiger partial charge in [-0.25, -0.2) is 4.79 Å². The molecule has 0 aliphatic carbocycles. The number of rotatable bonds is 12. The van der Waals surface area contributed by atoms with E-state index in [0.717, 1.165) is 118 Å². The van der Waals surface area contributed by atoms with E-state index >= 15 is 0 Å². The maximum atomic E-state index is 14.2. The quantitative estimate of drug-likeness (QED) is 0.132. The number of piperazine rings is 2. The van der Waals surface area contributed by atoms with Crippen molar-refractivity contribution in [2.45, 2.75) is 33.2 Å². The van der Waals surface area contributed by atoms with Gasteiger partial charge in [0.2, 0.25) is 0 Å². The fraction of sp³-hybridized carbons (Fsp3) is 0.288. The highest BCUT2D eigenvalue weighted by Gasteiger charge is 2.22. The molecule has 61 heavy (non-hydrogen) atoms. The van der Waals surface area contributed by atoms with Crippen molar-refractivity contribution in [1.82, 2.24) is 19.8 Å². The van der Waals surface area contributed by atoms with Gasteiger partial charge in [-0.3, -0.25) is 24.7 Å². The van der Waals surface area contributed by atoms with Crippen molar-refractivity contribution in [1.29, 1.82) is 0 Å². The van der Waals surface area contributed by atoms with Crippen molar-refractivity contribution >= 4 is 50.6 Å². The minimum atomic E-state index is -0.136. The second kappa shape index (κ2) is 18.5. The van der Waals surface area contributed by atoms with Crippen molar-refractivity contribution in [2.75, 3.05) is 85.5 Å². The molecule has 2 aliphatic heterocycles. The Bertz CT molecular complexity index is 2600. The van der Waals surface area contributed by atoms with Crippen LogP contribution in [0.1, 0.15) is 28.1 Å². The summed E-state index contributed by atoms with van der Waals surface area (Å²) in [4.78, 5) is 35.7. The van der Waals surface area contributed by atoms with Gasteiger partial charge in [0.05, 0.1) is 17.6 Å². The Morgan fingerprint density at radius 1 is 0.541 bits per heavy atom. The van der Waals surface area contributed by atoms with E-state index in [1.165, 1.54) is 33.3 Å². The third-order valence-corrected chi connectivity index (χ3v) is 12.4. The highest BCUT2D eigenvalue weighted by Crippen LogP contribution is 2.29. The summed E-state index contributed by atoms with van der Waals surface area (Å²) in [5, 5.41) is 5.71. The van der Waals surface area contributed by atoms with Crippen LogP contribution in [0, 0.1) is 13.8 Å². The lowest BCUT2D eigenvalue weighted by atomic mass is 10.1. The molecule has 0 atom stereocenters. The van der Waals surface area contributed by atoms with Crippen molar-refractivity contribution < 1.29 is 4.79 Å². The zero-order valence-corrected chi connectivity index (χ0v) is 35.5. The molecule has 0 radical (unpaired) electrons. The van der Waals surface area contributed by atoms with E-state index in [2.05, 4.69) is 140 Å². The van der Waals surface area contributed by atoms with Gasteiger partial charge >= 0.3 is 6.03 Å². The van der Waals surface area contributed by atoms with E-state index in [1.807, 2.05) is 43.0 Å². The summed E-state index contributed by atoms with van der Waals surface area (Å²) in [7, 11) is 0. The molecule has 7 aromatic rings. The Hall–Kier alpha value is -6.29. The van der Waals surface area contributed by atoms with Gasteiger partial charge in [-0.2, -0.15) is 0 Å². The minimum absolute atomic E-state index is 0.136. The number of aromatic nitrogens is 2. The van der Waals surface area contributed by atoms with Gasteiger partial charge in [0.15, 0.2) is 0 Å². The number of nitrogens with one attached hydrogen (secondary N) is 1. The molecule has 2 amide bonds. The topological polar surface area (TPSA) is 71.1 Å². The number of hydrogen-bond acceptors (Lipinski definition) is 7. The molecule has 0 unspecified atom stereocenters. The van der Waals surface area contributed by atoms with Gasteiger partial charge in [0.1, 0.15) is 0 Å². The summed E-state index contributed by atoms with van der Waals surface area (Å²) in [5.74, 6) is 0. The average Bonchev–Trinajstić information content (AvgIpc) is 3.29. The first-order valence-corrected chi connectivity index (χ1v) is 21.9. The van der Waals surface area contributed by atoms with Gasteiger partial charge < -0.3 is 15.1 Å². The number of fused-ring (bicyclic) bond motifs is 2.